The van der Waals surface area contributed by atoms with Crippen LogP contribution < -0.4 is 14.8 Å². The van der Waals surface area contributed by atoms with Crippen molar-refractivity contribution in [2.24, 2.45) is 0 Å². The predicted octanol–water partition coefficient (Wildman–Crippen LogP) is 0.0286. The highest BCUT2D eigenvalue weighted by Gasteiger charge is 2.13. The summed E-state index contributed by atoms with van der Waals surface area (Å²) in [4.78, 5) is 23.0. The van der Waals surface area contributed by atoms with Gasteiger partial charge in [-0.05, 0) is 6.42 Å². The van der Waals surface area contributed by atoms with Gasteiger partial charge in [0.05, 0.1) is 14.2 Å². The van der Waals surface area contributed by atoms with Crippen LogP contribution in [-0.4, -0.2) is 41.6 Å². The minimum absolute atomic E-state index is 0.0165. The topological polar surface area (TPSA) is 86.2 Å². The molecule has 0 aliphatic carbocycles. The highest BCUT2D eigenvalue weighted by Crippen LogP contribution is 2.08. The van der Waals surface area contributed by atoms with Crippen molar-refractivity contribution < 1.29 is 14.3 Å². The van der Waals surface area contributed by atoms with Crippen molar-refractivity contribution >= 4 is 5.91 Å². The minimum Gasteiger partial charge on any atom is -0.467 e. The third-order valence-corrected chi connectivity index (χ3v) is 1.70. The number of nitrogens with one attached hydrogen (secondary N) is 1. The standard InChI is InChI=1S/C9H14N4O3/c1-4-5-10-7(14)6-11-8(15-2)13-9(12-6)16-3/h4-5H2,1-3H3,(H,10,14). The van der Waals surface area contributed by atoms with Crippen LogP contribution in [0.5, 0.6) is 12.0 Å². The Morgan fingerprint density at radius 2 is 1.75 bits per heavy atom. The molecule has 1 N–H and O–H groups in total. The smallest absolute Gasteiger partial charge is 0.323 e. The minimum atomic E-state index is -0.374. The molecule has 88 valence electrons. The molecular weight excluding hydrogens is 212 g/mol. The van der Waals surface area contributed by atoms with E-state index >= 15 is 0 Å². The van der Waals surface area contributed by atoms with Gasteiger partial charge in [0.2, 0.25) is 5.82 Å². The van der Waals surface area contributed by atoms with Crippen molar-refractivity contribution in [1.29, 1.82) is 0 Å². The Balaban J connectivity index is 2.89. The maximum atomic E-state index is 11.6. The number of carbonyl (C=O) groups excluding carboxylic acids is 1. The second-order valence-electron chi connectivity index (χ2n) is 2.89. The lowest BCUT2D eigenvalue weighted by Gasteiger charge is -2.05. The lowest BCUT2D eigenvalue weighted by molar-refractivity contribution is 0.0940. The maximum Gasteiger partial charge on any atom is 0.323 e. The van der Waals surface area contributed by atoms with E-state index in [2.05, 4.69) is 20.3 Å². The molecule has 1 heterocycles. The van der Waals surface area contributed by atoms with E-state index in [1.54, 1.807) is 0 Å². The Morgan fingerprint density at radius 3 is 2.19 bits per heavy atom. The molecule has 0 saturated carbocycles. The van der Waals surface area contributed by atoms with Gasteiger partial charge in [-0.2, -0.15) is 9.97 Å². The molecule has 0 unspecified atom stereocenters. The summed E-state index contributed by atoms with van der Waals surface area (Å²) in [6.07, 6.45) is 0.838. The van der Waals surface area contributed by atoms with E-state index in [9.17, 15) is 4.79 Å². The number of hydrogen-bond donors (Lipinski definition) is 1. The summed E-state index contributed by atoms with van der Waals surface area (Å²) in [5, 5.41) is 2.65. The van der Waals surface area contributed by atoms with Crippen molar-refractivity contribution in [2.75, 3.05) is 20.8 Å². The zero-order valence-electron chi connectivity index (χ0n) is 9.48. The molecule has 7 heteroatoms. The molecule has 0 bridgehead atoms. The summed E-state index contributed by atoms with van der Waals surface area (Å²) in [6.45, 7) is 2.52. The number of methoxy groups -OCH3 is 2. The molecule has 1 rings (SSSR count). The molecule has 0 aliphatic heterocycles. The summed E-state index contributed by atoms with van der Waals surface area (Å²) in [6, 6.07) is 0.0991. The molecule has 1 aromatic heterocycles. The van der Waals surface area contributed by atoms with Crippen molar-refractivity contribution in [3.63, 3.8) is 0 Å². The summed E-state index contributed by atoms with van der Waals surface area (Å²) < 4.78 is 9.66. The molecule has 16 heavy (non-hydrogen) atoms. The summed E-state index contributed by atoms with van der Waals surface area (Å²) in [5.41, 5.74) is 0. The van der Waals surface area contributed by atoms with Crippen molar-refractivity contribution in [2.45, 2.75) is 13.3 Å². The van der Waals surface area contributed by atoms with E-state index in [4.69, 9.17) is 9.47 Å². The van der Waals surface area contributed by atoms with Gasteiger partial charge in [0.15, 0.2) is 0 Å². The first-order valence-electron chi connectivity index (χ1n) is 4.83. The monoisotopic (exact) mass is 226 g/mol. The molecule has 1 amide bonds. The Labute approximate surface area is 93.2 Å². The van der Waals surface area contributed by atoms with E-state index < -0.39 is 0 Å². The first-order valence-corrected chi connectivity index (χ1v) is 4.83. The largest absolute Gasteiger partial charge is 0.467 e. The highest BCUT2D eigenvalue weighted by molar-refractivity contribution is 5.90. The number of ether oxygens (including phenoxy) is 2. The quantitative estimate of drug-likeness (QED) is 0.762. The predicted molar refractivity (Wildman–Crippen MR) is 55.6 cm³/mol. The van der Waals surface area contributed by atoms with E-state index in [-0.39, 0.29) is 23.8 Å². The third kappa shape index (κ3) is 3.04. The third-order valence-electron chi connectivity index (χ3n) is 1.70. The van der Waals surface area contributed by atoms with E-state index in [1.807, 2.05) is 6.92 Å². The number of hydrogen-bond acceptors (Lipinski definition) is 6. The fourth-order valence-corrected chi connectivity index (χ4v) is 0.940. The fraction of sp³-hybridized carbons (Fsp3) is 0.556. The molecule has 0 fully saturated rings. The lowest BCUT2D eigenvalue weighted by Crippen LogP contribution is -2.26. The van der Waals surface area contributed by atoms with Crippen LogP contribution in [0.3, 0.4) is 0 Å². The molecule has 0 aliphatic rings. The Morgan fingerprint density at radius 1 is 1.19 bits per heavy atom. The molecule has 0 spiro atoms. The van der Waals surface area contributed by atoms with Crippen LogP contribution in [0.2, 0.25) is 0 Å². The second-order valence-corrected chi connectivity index (χ2v) is 2.89. The normalized spacial score (nSPS) is 9.69. The van der Waals surface area contributed by atoms with Gasteiger partial charge in [0.25, 0.3) is 5.91 Å². The van der Waals surface area contributed by atoms with Crippen LogP contribution in [0.25, 0.3) is 0 Å². The SMILES string of the molecule is CCCNC(=O)c1nc(OC)nc(OC)n1. The molecule has 0 atom stereocenters. The number of rotatable bonds is 5. The zero-order valence-corrected chi connectivity index (χ0v) is 9.48. The average molecular weight is 226 g/mol. The average Bonchev–Trinajstić information content (AvgIpc) is 2.35. The van der Waals surface area contributed by atoms with Crippen molar-refractivity contribution in [3.05, 3.63) is 5.82 Å². The second kappa shape index (κ2) is 5.84. The van der Waals surface area contributed by atoms with Crippen LogP contribution in [-0.2, 0) is 0 Å². The van der Waals surface area contributed by atoms with Gasteiger partial charge in [-0.15, -0.1) is 4.98 Å². The molecule has 0 aromatic carbocycles. The van der Waals surface area contributed by atoms with Crippen LogP contribution in [0.4, 0.5) is 0 Å². The molecular formula is C9H14N4O3. The Hall–Kier alpha value is -1.92. The van der Waals surface area contributed by atoms with Crippen molar-refractivity contribution in [3.8, 4) is 12.0 Å². The Kier molecular flexibility index (Phi) is 4.43. The van der Waals surface area contributed by atoms with E-state index in [0.717, 1.165) is 6.42 Å². The van der Waals surface area contributed by atoms with Gasteiger partial charge < -0.3 is 14.8 Å². The summed E-state index contributed by atoms with van der Waals surface area (Å²) in [5.74, 6) is -0.391. The van der Waals surface area contributed by atoms with Gasteiger partial charge in [0.1, 0.15) is 0 Å². The Bertz CT molecular complexity index is 348. The molecule has 0 saturated heterocycles. The van der Waals surface area contributed by atoms with Gasteiger partial charge in [-0.1, -0.05) is 6.92 Å². The summed E-state index contributed by atoms with van der Waals surface area (Å²) >= 11 is 0. The molecule has 0 radical (unpaired) electrons. The lowest BCUT2D eigenvalue weighted by atomic mass is 10.4. The van der Waals surface area contributed by atoms with Crippen LogP contribution >= 0.6 is 0 Å². The number of carbonyl (C=O) groups is 1. The number of amides is 1. The fourth-order valence-electron chi connectivity index (χ4n) is 0.940. The van der Waals surface area contributed by atoms with Crippen LogP contribution in [0.15, 0.2) is 0 Å². The van der Waals surface area contributed by atoms with Crippen LogP contribution in [0.1, 0.15) is 24.0 Å². The van der Waals surface area contributed by atoms with Gasteiger partial charge in [0, 0.05) is 6.54 Å². The first kappa shape index (κ1) is 12.2. The number of nitrogens with zero attached hydrogens (tertiary/aromatic N) is 3. The van der Waals surface area contributed by atoms with Gasteiger partial charge in [-0.3, -0.25) is 4.79 Å². The van der Waals surface area contributed by atoms with Crippen LogP contribution in [0, 0.1) is 0 Å². The van der Waals surface area contributed by atoms with E-state index in [0.29, 0.717) is 6.54 Å². The number of aromatic nitrogens is 3. The van der Waals surface area contributed by atoms with Crippen molar-refractivity contribution in [1.82, 2.24) is 20.3 Å². The molecule has 7 nitrogen and oxygen atoms in total. The summed E-state index contributed by atoms with van der Waals surface area (Å²) in [7, 11) is 2.81. The zero-order chi connectivity index (χ0) is 12.0. The van der Waals surface area contributed by atoms with E-state index in [1.165, 1.54) is 14.2 Å². The maximum absolute atomic E-state index is 11.6. The van der Waals surface area contributed by atoms with Gasteiger partial charge >= 0.3 is 12.0 Å². The van der Waals surface area contributed by atoms with Gasteiger partial charge in [-0.25, -0.2) is 0 Å². The highest BCUT2D eigenvalue weighted by atomic mass is 16.5. The molecule has 1 aromatic rings. The first-order chi connectivity index (χ1) is 7.71.